The molecule has 0 fully saturated rings. The van der Waals surface area contributed by atoms with Crippen LogP contribution in [0.3, 0.4) is 0 Å². The number of para-hydroxylation sites is 1. The number of hydrogen-bond donors (Lipinski definition) is 0. The molecular weight excluding hydrogens is 627 g/mol. The fourth-order valence-electron chi connectivity index (χ4n) is 7.35. The van der Waals surface area contributed by atoms with Crippen LogP contribution in [0, 0.1) is 0 Å². The molecule has 1 aliphatic heterocycles. The van der Waals surface area contributed by atoms with Gasteiger partial charge in [0.15, 0.2) is 0 Å². The van der Waals surface area contributed by atoms with E-state index < -0.39 is 0 Å². The normalized spacial score (nSPS) is 12.9. The molecule has 3 nitrogen and oxygen atoms in total. The lowest BCUT2D eigenvalue weighted by molar-refractivity contribution is 1.06. The van der Waals surface area contributed by atoms with Crippen LogP contribution in [-0.2, 0) is 0 Å². The quantitative estimate of drug-likeness (QED) is 0.186. The molecular formula is C46H29N3S. The maximum atomic E-state index is 5.10. The van der Waals surface area contributed by atoms with Crippen molar-refractivity contribution in [2.45, 2.75) is 9.79 Å². The van der Waals surface area contributed by atoms with Crippen molar-refractivity contribution in [3.63, 3.8) is 0 Å². The highest BCUT2D eigenvalue weighted by Gasteiger charge is 2.20. The minimum Gasteiger partial charge on any atom is -0.278 e. The number of rotatable bonds is 2. The highest BCUT2D eigenvalue weighted by Crippen LogP contribution is 2.47. The van der Waals surface area contributed by atoms with E-state index in [1.807, 2.05) is 42.4 Å². The molecule has 0 saturated heterocycles. The molecule has 50 heavy (non-hydrogen) atoms. The lowest BCUT2D eigenvalue weighted by Crippen LogP contribution is -1.97. The molecule has 9 aromatic rings. The zero-order valence-corrected chi connectivity index (χ0v) is 27.8. The van der Waals surface area contributed by atoms with Gasteiger partial charge in [-0.25, -0.2) is 9.97 Å². The molecule has 0 unspecified atom stereocenters. The summed E-state index contributed by atoms with van der Waals surface area (Å²) in [6.07, 6.45) is 8.38. The van der Waals surface area contributed by atoms with E-state index in [0.717, 1.165) is 38.9 Å². The molecule has 0 radical (unpaired) electrons. The van der Waals surface area contributed by atoms with Gasteiger partial charge in [-0.3, -0.25) is 4.57 Å². The number of nitrogens with zero attached hydrogens (tertiary/aromatic N) is 3. The molecule has 0 saturated carbocycles. The lowest BCUT2D eigenvalue weighted by atomic mass is 9.92. The van der Waals surface area contributed by atoms with E-state index in [4.69, 9.17) is 4.98 Å². The molecule has 0 aliphatic carbocycles. The fourth-order valence-corrected chi connectivity index (χ4v) is 8.59. The van der Waals surface area contributed by atoms with E-state index in [0.29, 0.717) is 0 Å². The summed E-state index contributed by atoms with van der Waals surface area (Å²) in [6.45, 7) is 0. The van der Waals surface area contributed by atoms with E-state index in [2.05, 4.69) is 155 Å². The Kier molecular flexibility index (Phi) is 6.74. The summed E-state index contributed by atoms with van der Waals surface area (Å²) in [6, 6.07) is 54.4. The van der Waals surface area contributed by atoms with E-state index >= 15 is 0 Å². The Bertz CT molecular complexity index is 2790. The Morgan fingerprint density at radius 1 is 0.480 bits per heavy atom. The van der Waals surface area contributed by atoms with Gasteiger partial charge >= 0.3 is 0 Å². The van der Waals surface area contributed by atoms with Crippen LogP contribution in [0.15, 0.2) is 174 Å². The first kappa shape index (κ1) is 28.8. The van der Waals surface area contributed by atoms with E-state index in [1.54, 1.807) is 0 Å². The van der Waals surface area contributed by atoms with Gasteiger partial charge in [0, 0.05) is 38.5 Å². The highest BCUT2D eigenvalue weighted by molar-refractivity contribution is 7.99. The van der Waals surface area contributed by atoms with Gasteiger partial charge in [0.1, 0.15) is 11.5 Å². The van der Waals surface area contributed by atoms with Gasteiger partial charge in [0.2, 0.25) is 0 Å². The molecule has 1 aliphatic rings. The van der Waals surface area contributed by atoms with Crippen LogP contribution in [0.5, 0.6) is 0 Å². The fraction of sp³-hybridized carbons (Fsp3) is 0. The third-order valence-electron chi connectivity index (χ3n) is 9.74. The Labute approximate surface area is 294 Å². The molecule has 0 amide bonds. The van der Waals surface area contributed by atoms with Gasteiger partial charge in [-0.2, -0.15) is 0 Å². The average molecular weight is 656 g/mol. The van der Waals surface area contributed by atoms with Crippen molar-refractivity contribution in [2.75, 3.05) is 0 Å². The van der Waals surface area contributed by atoms with Crippen LogP contribution >= 0.6 is 11.8 Å². The number of fused-ring (bicyclic) bond motifs is 11. The maximum Gasteiger partial charge on any atom is 0.146 e. The van der Waals surface area contributed by atoms with Crippen LogP contribution in [0.25, 0.3) is 84.1 Å². The third kappa shape index (κ3) is 4.68. The van der Waals surface area contributed by atoms with Gasteiger partial charge in [0.25, 0.3) is 0 Å². The first-order valence-electron chi connectivity index (χ1n) is 16.8. The summed E-state index contributed by atoms with van der Waals surface area (Å²) in [5.41, 5.74) is 11.5. The van der Waals surface area contributed by atoms with Gasteiger partial charge in [-0.15, -0.1) is 0 Å². The van der Waals surface area contributed by atoms with Crippen molar-refractivity contribution >= 4 is 56.6 Å². The third-order valence-corrected chi connectivity index (χ3v) is 11.0. The van der Waals surface area contributed by atoms with Crippen LogP contribution in [0.4, 0.5) is 0 Å². The van der Waals surface area contributed by atoms with Gasteiger partial charge < -0.3 is 0 Å². The SMILES string of the molecule is C1=C\c2ccc(-c3cnc4c(c3)c3ccccc3n4-c3ccccn3)cc2-c2ccc3ccccc3c2Sc2ccccc2-c2ccccc2/1. The summed E-state index contributed by atoms with van der Waals surface area (Å²) in [5, 5.41) is 4.75. The van der Waals surface area contributed by atoms with Crippen molar-refractivity contribution in [1.82, 2.24) is 14.5 Å². The van der Waals surface area contributed by atoms with Gasteiger partial charge in [-0.1, -0.05) is 139 Å². The Balaban J connectivity index is 1.22. The molecule has 4 heterocycles. The van der Waals surface area contributed by atoms with Crippen molar-refractivity contribution in [1.29, 1.82) is 0 Å². The van der Waals surface area contributed by atoms with Crippen LogP contribution < -0.4 is 0 Å². The maximum absolute atomic E-state index is 5.10. The van der Waals surface area contributed by atoms with Crippen molar-refractivity contribution in [3.05, 3.63) is 175 Å². The van der Waals surface area contributed by atoms with Crippen molar-refractivity contribution < 1.29 is 0 Å². The second kappa shape index (κ2) is 11.7. The van der Waals surface area contributed by atoms with E-state index in [-0.39, 0.29) is 0 Å². The zero-order chi connectivity index (χ0) is 33.0. The second-order valence-corrected chi connectivity index (χ2v) is 13.7. The van der Waals surface area contributed by atoms with Gasteiger partial charge in [-0.05, 0) is 86.1 Å². The topological polar surface area (TPSA) is 30.7 Å². The van der Waals surface area contributed by atoms with E-state index in [9.17, 15) is 0 Å². The minimum absolute atomic E-state index is 0.860. The minimum atomic E-state index is 0.860. The zero-order valence-electron chi connectivity index (χ0n) is 27.0. The monoisotopic (exact) mass is 655 g/mol. The highest BCUT2D eigenvalue weighted by atomic mass is 32.2. The van der Waals surface area contributed by atoms with Gasteiger partial charge in [0.05, 0.1) is 5.52 Å². The standard InChI is InChI=1S/C46H29N3S/c1-3-13-35-30(11-1)20-21-32-22-23-33(34-28-41-37-15-5-7-17-42(37)49(46(41)48-29-34)44-19-9-10-26-47-44)27-40(32)39-25-24-31-12-2-4-14-36(31)45(39)50-43-18-8-6-16-38(35)43/h1-29H/b21-20-. The predicted octanol–water partition coefficient (Wildman–Crippen LogP) is 12.4. The lowest BCUT2D eigenvalue weighted by Gasteiger charge is -2.17. The average Bonchev–Trinajstić information content (AvgIpc) is 3.50. The first-order chi connectivity index (χ1) is 24.8. The molecule has 0 atom stereocenters. The number of hydrogen-bond acceptors (Lipinski definition) is 3. The largest absolute Gasteiger partial charge is 0.278 e. The summed E-state index contributed by atoms with van der Waals surface area (Å²) in [4.78, 5) is 12.3. The van der Waals surface area contributed by atoms with Crippen molar-refractivity contribution in [3.8, 4) is 39.2 Å². The molecule has 3 aromatic heterocycles. The predicted molar refractivity (Wildman–Crippen MR) is 210 cm³/mol. The summed E-state index contributed by atoms with van der Waals surface area (Å²) < 4.78 is 2.16. The molecule has 10 rings (SSSR count). The second-order valence-electron chi connectivity index (χ2n) is 12.6. The number of benzene rings is 6. The molecule has 6 aromatic carbocycles. The number of pyridine rings is 2. The molecule has 4 heteroatoms. The first-order valence-corrected chi connectivity index (χ1v) is 17.6. The Hall–Kier alpha value is -6.23. The molecule has 0 bridgehead atoms. The molecule has 0 N–H and O–H groups in total. The smallest absolute Gasteiger partial charge is 0.146 e. The van der Waals surface area contributed by atoms with Crippen LogP contribution in [-0.4, -0.2) is 14.5 Å². The molecule has 0 spiro atoms. The summed E-state index contributed by atoms with van der Waals surface area (Å²) >= 11 is 1.86. The Morgan fingerprint density at radius 2 is 1.24 bits per heavy atom. The Morgan fingerprint density at radius 3 is 2.14 bits per heavy atom. The van der Waals surface area contributed by atoms with E-state index in [1.165, 1.54) is 53.9 Å². The van der Waals surface area contributed by atoms with Crippen molar-refractivity contribution in [2.24, 2.45) is 0 Å². The van der Waals surface area contributed by atoms with Crippen LogP contribution in [0.1, 0.15) is 11.1 Å². The summed E-state index contributed by atoms with van der Waals surface area (Å²) in [7, 11) is 0. The molecule has 234 valence electrons. The number of aromatic nitrogens is 3. The summed E-state index contributed by atoms with van der Waals surface area (Å²) in [5.74, 6) is 0.860. The van der Waals surface area contributed by atoms with Crippen LogP contribution in [0.2, 0.25) is 0 Å².